The Bertz CT molecular complexity index is 508. The van der Waals surface area contributed by atoms with E-state index in [-0.39, 0.29) is 11.9 Å². The molecule has 23 heavy (non-hydrogen) atoms. The lowest BCUT2D eigenvalue weighted by molar-refractivity contribution is -0.929. The van der Waals surface area contributed by atoms with Gasteiger partial charge in [-0.25, -0.2) is 0 Å². The van der Waals surface area contributed by atoms with Crippen LogP contribution in [0.1, 0.15) is 43.7 Å². The van der Waals surface area contributed by atoms with Crippen LogP contribution in [-0.4, -0.2) is 38.3 Å². The first-order valence-electron chi connectivity index (χ1n) is 8.72. The number of quaternary nitrogens is 1. The SMILES string of the molecule is O=C(NC1CCCCC1)C(c1ccc(Cl)cc1)[NH+]1CCOCC1. The molecule has 2 fully saturated rings. The lowest BCUT2D eigenvalue weighted by atomic mass is 9.94. The molecule has 1 aromatic rings. The fraction of sp³-hybridized carbons (Fsp3) is 0.611. The van der Waals surface area contributed by atoms with E-state index in [0.29, 0.717) is 11.1 Å². The summed E-state index contributed by atoms with van der Waals surface area (Å²) in [6, 6.07) is 7.88. The van der Waals surface area contributed by atoms with Gasteiger partial charge in [0.25, 0.3) is 5.91 Å². The van der Waals surface area contributed by atoms with E-state index in [1.54, 1.807) is 0 Å². The topological polar surface area (TPSA) is 42.8 Å². The molecule has 1 saturated heterocycles. The highest BCUT2D eigenvalue weighted by Crippen LogP contribution is 2.19. The molecule has 1 aliphatic heterocycles. The molecule has 0 radical (unpaired) electrons. The number of amides is 1. The molecular weight excluding hydrogens is 312 g/mol. The molecule has 126 valence electrons. The molecule has 2 N–H and O–H groups in total. The maximum absolute atomic E-state index is 13.0. The first-order valence-corrected chi connectivity index (χ1v) is 9.10. The molecule has 4 nitrogen and oxygen atoms in total. The number of hydrogen-bond acceptors (Lipinski definition) is 2. The largest absolute Gasteiger partial charge is 0.370 e. The fourth-order valence-corrected chi connectivity index (χ4v) is 3.81. The third-order valence-corrected chi connectivity index (χ3v) is 5.21. The Hall–Kier alpha value is -1.10. The van der Waals surface area contributed by atoms with Crippen LogP contribution in [0.3, 0.4) is 0 Å². The van der Waals surface area contributed by atoms with Crippen molar-refractivity contribution in [1.82, 2.24) is 5.32 Å². The van der Waals surface area contributed by atoms with Gasteiger partial charge in [0.15, 0.2) is 6.04 Å². The maximum atomic E-state index is 13.0. The Morgan fingerprint density at radius 3 is 2.43 bits per heavy atom. The van der Waals surface area contributed by atoms with E-state index in [1.165, 1.54) is 24.2 Å². The first kappa shape index (κ1) is 16.7. The van der Waals surface area contributed by atoms with Gasteiger partial charge in [0, 0.05) is 16.6 Å². The highest BCUT2D eigenvalue weighted by molar-refractivity contribution is 6.30. The fourth-order valence-electron chi connectivity index (χ4n) is 3.68. The average molecular weight is 338 g/mol. The number of hydrogen-bond donors (Lipinski definition) is 2. The van der Waals surface area contributed by atoms with Gasteiger partial charge in [0.1, 0.15) is 13.1 Å². The molecule has 1 atom stereocenters. The summed E-state index contributed by atoms with van der Waals surface area (Å²) in [6.07, 6.45) is 5.96. The molecule has 1 saturated carbocycles. The van der Waals surface area contributed by atoms with Crippen LogP contribution in [0.5, 0.6) is 0 Å². The quantitative estimate of drug-likeness (QED) is 0.879. The van der Waals surface area contributed by atoms with Crippen LogP contribution >= 0.6 is 11.6 Å². The third-order valence-electron chi connectivity index (χ3n) is 4.96. The third kappa shape index (κ3) is 4.46. The first-order chi connectivity index (χ1) is 11.2. The molecule has 1 heterocycles. The summed E-state index contributed by atoms with van der Waals surface area (Å²) in [5.74, 6) is 0.149. The van der Waals surface area contributed by atoms with Crippen molar-refractivity contribution in [3.63, 3.8) is 0 Å². The van der Waals surface area contributed by atoms with Crippen molar-refractivity contribution in [3.05, 3.63) is 34.9 Å². The van der Waals surface area contributed by atoms with Crippen molar-refractivity contribution < 1.29 is 14.4 Å². The van der Waals surface area contributed by atoms with Crippen LogP contribution in [0.2, 0.25) is 5.02 Å². The molecule has 1 unspecified atom stereocenters. The monoisotopic (exact) mass is 337 g/mol. The number of benzene rings is 1. The van der Waals surface area contributed by atoms with E-state index in [4.69, 9.17) is 16.3 Å². The molecule has 0 bridgehead atoms. The van der Waals surface area contributed by atoms with Crippen LogP contribution in [-0.2, 0) is 9.53 Å². The minimum Gasteiger partial charge on any atom is -0.370 e. The minimum atomic E-state index is -0.168. The average Bonchev–Trinajstić information content (AvgIpc) is 2.59. The van der Waals surface area contributed by atoms with Crippen LogP contribution in [0.25, 0.3) is 0 Å². The summed E-state index contributed by atoms with van der Waals surface area (Å²) in [5, 5.41) is 4.00. The number of morpholine rings is 1. The molecule has 2 aliphatic rings. The van der Waals surface area contributed by atoms with E-state index in [0.717, 1.165) is 44.7 Å². The smallest absolute Gasteiger partial charge is 0.283 e. The van der Waals surface area contributed by atoms with Gasteiger partial charge in [-0.3, -0.25) is 4.79 Å². The predicted octanol–water partition coefficient (Wildman–Crippen LogP) is 1.75. The summed E-state index contributed by atoms with van der Waals surface area (Å²) in [6.45, 7) is 3.17. The number of rotatable bonds is 4. The number of carbonyl (C=O) groups excluding carboxylic acids is 1. The second kappa shape index (κ2) is 8.13. The molecule has 0 spiro atoms. The van der Waals surface area contributed by atoms with Gasteiger partial charge in [0.05, 0.1) is 13.2 Å². The molecule has 1 amide bonds. The van der Waals surface area contributed by atoms with Crippen molar-refractivity contribution in [2.75, 3.05) is 26.3 Å². The van der Waals surface area contributed by atoms with Gasteiger partial charge in [-0.2, -0.15) is 0 Å². The zero-order chi connectivity index (χ0) is 16.1. The van der Waals surface area contributed by atoms with Crippen molar-refractivity contribution in [2.45, 2.75) is 44.2 Å². The molecule has 1 aromatic carbocycles. The lowest BCUT2D eigenvalue weighted by Crippen LogP contribution is -3.15. The van der Waals surface area contributed by atoms with Gasteiger partial charge < -0.3 is 15.0 Å². The summed E-state index contributed by atoms with van der Waals surface area (Å²) in [5.41, 5.74) is 1.04. The number of halogens is 1. The van der Waals surface area contributed by atoms with E-state index in [2.05, 4.69) is 5.32 Å². The molecule has 3 rings (SSSR count). The Kier molecular flexibility index (Phi) is 5.92. The zero-order valence-electron chi connectivity index (χ0n) is 13.5. The van der Waals surface area contributed by atoms with Crippen molar-refractivity contribution in [3.8, 4) is 0 Å². The maximum Gasteiger partial charge on any atom is 0.283 e. The van der Waals surface area contributed by atoms with Gasteiger partial charge in [-0.1, -0.05) is 43.0 Å². The van der Waals surface area contributed by atoms with E-state index < -0.39 is 0 Å². The second-order valence-electron chi connectivity index (χ2n) is 6.60. The number of ether oxygens (including phenoxy) is 1. The highest BCUT2D eigenvalue weighted by atomic mass is 35.5. The summed E-state index contributed by atoms with van der Waals surface area (Å²) < 4.78 is 5.46. The van der Waals surface area contributed by atoms with E-state index >= 15 is 0 Å². The van der Waals surface area contributed by atoms with Crippen LogP contribution < -0.4 is 10.2 Å². The van der Waals surface area contributed by atoms with E-state index in [1.807, 2.05) is 24.3 Å². The molecular formula is C18H26ClN2O2+. The number of nitrogens with one attached hydrogen (secondary N) is 2. The van der Waals surface area contributed by atoms with Crippen LogP contribution in [0.15, 0.2) is 24.3 Å². The summed E-state index contributed by atoms with van der Waals surface area (Å²) in [7, 11) is 0. The predicted molar refractivity (Wildman–Crippen MR) is 90.7 cm³/mol. The molecule has 1 aliphatic carbocycles. The van der Waals surface area contributed by atoms with Crippen molar-refractivity contribution >= 4 is 17.5 Å². The van der Waals surface area contributed by atoms with Crippen molar-refractivity contribution in [1.29, 1.82) is 0 Å². The second-order valence-corrected chi connectivity index (χ2v) is 7.04. The summed E-state index contributed by atoms with van der Waals surface area (Å²) >= 11 is 6.01. The Morgan fingerprint density at radius 1 is 1.13 bits per heavy atom. The Morgan fingerprint density at radius 2 is 1.78 bits per heavy atom. The standard InChI is InChI=1S/C18H25ClN2O2/c19-15-8-6-14(7-9-15)17(21-10-12-23-13-11-21)18(22)20-16-4-2-1-3-5-16/h6-9,16-17H,1-5,10-13H2,(H,20,22)/p+1. The molecule has 5 heteroatoms. The summed E-state index contributed by atoms with van der Waals surface area (Å²) in [4.78, 5) is 14.3. The van der Waals surface area contributed by atoms with Crippen LogP contribution in [0.4, 0.5) is 0 Å². The van der Waals surface area contributed by atoms with Crippen molar-refractivity contribution in [2.24, 2.45) is 0 Å². The molecule has 0 aromatic heterocycles. The van der Waals surface area contributed by atoms with E-state index in [9.17, 15) is 4.79 Å². The van der Waals surface area contributed by atoms with Gasteiger partial charge >= 0.3 is 0 Å². The Labute approximate surface area is 143 Å². The van der Waals surface area contributed by atoms with Gasteiger partial charge in [-0.05, 0) is 25.0 Å². The highest BCUT2D eigenvalue weighted by Gasteiger charge is 2.34. The number of carbonyl (C=O) groups is 1. The minimum absolute atomic E-state index is 0.149. The van der Waals surface area contributed by atoms with Gasteiger partial charge in [0.2, 0.25) is 0 Å². The lowest BCUT2D eigenvalue weighted by Gasteiger charge is -2.32. The normalized spacial score (nSPS) is 21.8. The Balaban J connectivity index is 1.75. The zero-order valence-corrected chi connectivity index (χ0v) is 14.3. The van der Waals surface area contributed by atoms with Crippen LogP contribution in [0, 0.1) is 0 Å². The van der Waals surface area contributed by atoms with Gasteiger partial charge in [-0.15, -0.1) is 0 Å².